The number of benzene rings is 1. The van der Waals surface area contributed by atoms with E-state index in [9.17, 15) is 4.79 Å². The summed E-state index contributed by atoms with van der Waals surface area (Å²) < 4.78 is 0. The van der Waals surface area contributed by atoms with Gasteiger partial charge in [-0.3, -0.25) is 4.79 Å². The van der Waals surface area contributed by atoms with Gasteiger partial charge in [-0.2, -0.15) is 11.8 Å². The van der Waals surface area contributed by atoms with Crippen LogP contribution in [0.25, 0.3) is 6.08 Å². The molecule has 3 heteroatoms. The molecular weight excluding hydrogens is 362 g/mol. The number of aryl methyl sites for hydroxylation is 1. The minimum Gasteiger partial charge on any atom is -0.339 e. The number of rotatable bonds is 10. The van der Waals surface area contributed by atoms with E-state index in [1.165, 1.54) is 69.1 Å². The number of hydrogen-bond acceptors (Lipinski definition) is 2. The third-order valence-electron chi connectivity index (χ3n) is 5.92. The van der Waals surface area contributed by atoms with Gasteiger partial charge in [-0.1, -0.05) is 69.2 Å². The fourth-order valence-corrected chi connectivity index (χ4v) is 4.97. The number of likely N-dealkylation sites (N-methyl/N-ethyl adjacent to an activating group) is 1. The highest BCUT2D eigenvalue weighted by Crippen LogP contribution is 2.26. The van der Waals surface area contributed by atoms with Crippen LogP contribution in [0.2, 0.25) is 0 Å². The van der Waals surface area contributed by atoms with Gasteiger partial charge in [0, 0.05) is 24.9 Å². The van der Waals surface area contributed by atoms with Gasteiger partial charge in [0.15, 0.2) is 0 Å². The number of carbonyl (C=O) groups excluding carboxylic acids is 1. The lowest BCUT2D eigenvalue weighted by Gasteiger charge is -2.20. The molecule has 1 saturated carbocycles. The molecule has 0 radical (unpaired) electrons. The topological polar surface area (TPSA) is 20.3 Å². The quantitative estimate of drug-likeness (QED) is 0.320. The number of hydrogen-bond donors (Lipinski definition) is 0. The average molecular weight is 402 g/mol. The van der Waals surface area contributed by atoms with Crippen LogP contribution in [0.5, 0.6) is 0 Å². The van der Waals surface area contributed by atoms with Crippen molar-refractivity contribution in [3.63, 3.8) is 0 Å². The number of thioether (sulfide) groups is 1. The van der Waals surface area contributed by atoms with Gasteiger partial charge in [-0.15, -0.1) is 0 Å². The molecule has 156 valence electrons. The molecule has 0 heterocycles. The summed E-state index contributed by atoms with van der Waals surface area (Å²) in [5, 5.41) is 0. The smallest absolute Gasteiger partial charge is 0.246 e. The fraction of sp³-hybridized carbons (Fsp3) is 0.640. The first kappa shape index (κ1) is 23.1. The predicted octanol–water partition coefficient (Wildman–Crippen LogP) is 6.73. The van der Waals surface area contributed by atoms with Gasteiger partial charge in [-0.25, -0.2) is 0 Å². The Bertz CT molecular complexity index is 590. The lowest BCUT2D eigenvalue weighted by atomic mass is 9.88. The van der Waals surface area contributed by atoms with Crippen LogP contribution in [0.4, 0.5) is 0 Å². The van der Waals surface area contributed by atoms with Crippen LogP contribution >= 0.6 is 11.8 Å². The molecule has 0 spiro atoms. The summed E-state index contributed by atoms with van der Waals surface area (Å²) in [6.45, 7) is 5.77. The molecule has 0 aromatic heterocycles. The Hall–Kier alpha value is -1.22. The number of carbonyl (C=O) groups is 1. The van der Waals surface area contributed by atoms with Crippen molar-refractivity contribution >= 4 is 23.7 Å². The van der Waals surface area contributed by atoms with Crippen molar-refractivity contribution in [2.24, 2.45) is 5.92 Å². The second-order valence-electron chi connectivity index (χ2n) is 8.07. The maximum absolute atomic E-state index is 12.5. The largest absolute Gasteiger partial charge is 0.339 e. The Morgan fingerprint density at radius 3 is 2.54 bits per heavy atom. The minimum absolute atomic E-state index is 0.126. The first-order valence-electron chi connectivity index (χ1n) is 11.3. The van der Waals surface area contributed by atoms with Gasteiger partial charge in [-0.05, 0) is 55.6 Å². The zero-order chi connectivity index (χ0) is 20.0. The molecule has 28 heavy (non-hydrogen) atoms. The molecule has 2 rings (SSSR count). The van der Waals surface area contributed by atoms with E-state index in [1.54, 1.807) is 6.08 Å². The number of amides is 1. The van der Waals surface area contributed by atoms with E-state index in [0.717, 1.165) is 30.3 Å². The van der Waals surface area contributed by atoms with E-state index in [-0.39, 0.29) is 5.91 Å². The van der Waals surface area contributed by atoms with Crippen molar-refractivity contribution in [2.75, 3.05) is 24.6 Å². The third kappa shape index (κ3) is 8.86. The summed E-state index contributed by atoms with van der Waals surface area (Å²) in [7, 11) is 0. The second kappa shape index (κ2) is 13.9. The number of nitrogens with zero attached hydrogens (tertiary/aromatic N) is 1. The van der Waals surface area contributed by atoms with Crippen molar-refractivity contribution in [3.8, 4) is 0 Å². The van der Waals surface area contributed by atoms with Crippen molar-refractivity contribution in [2.45, 2.75) is 71.6 Å². The Morgan fingerprint density at radius 1 is 1.11 bits per heavy atom. The van der Waals surface area contributed by atoms with Gasteiger partial charge in [0.25, 0.3) is 0 Å². The van der Waals surface area contributed by atoms with Crippen LogP contribution in [0, 0.1) is 12.8 Å². The molecule has 1 aliphatic rings. The van der Waals surface area contributed by atoms with Gasteiger partial charge >= 0.3 is 0 Å². The van der Waals surface area contributed by atoms with Crippen molar-refractivity contribution in [1.29, 1.82) is 0 Å². The monoisotopic (exact) mass is 401 g/mol. The van der Waals surface area contributed by atoms with Crippen LogP contribution in [0.3, 0.4) is 0 Å². The molecule has 0 aliphatic heterocycles. The maximum atomic E-state index is 12.5. The van der Waals surface area contributed by atoms with Crippen LogP contribution in [0.15, 0.2) is 30.3 Å². The average Bonchev–Trinajstić information content (AvgIpc) is 2.68. The molecule has 2 nitrogen and oxygen atoms in total. The zero-order valence-electron chi connectivity index (χ0n) is 18.0. The molecule has 1 aromatic carbocycles. The third-order valence-corrected chi connectivity index (χ3v) is 6.97. The highest BCUT2D eigenvalue weighted by molar-refractivity contribution is 7.99. The summed E-state index contributed by atoms with van der Waals surface area (Å²) in [5.74, 6) is 3.38. The minimum atomic E-state index is 0.126. The Balaban J connectivity index is 1.62. The zero-order valence-corrected chi connectivity index (χ0v) is 18.8. The molecule has 0 unspecified atom stereocenters. The Labute approximate surface area is 177 Å². The lowest BCUT2D eigenvalue weighted by molar-refractivity contribution is -0.125. The molecule has 0 N–H and O–H groups in total. The van der Waals surface area contributed by atoms with Gasteiger partial charge in [0.1, 0.15) is 0 Å². The van der Waals surface area contributed by atoms with E-state index in [2.05, 4.69) is 26.0 Å². The molecule has 1 aromatic rings. The van der Waals surface area contributed by atoms with Crippen molar-refractivity contribution < 1.29 is 4.79 Å². The normalized spacial score (nSPS) is 16.1. The summed E-state index contributed by atoms with van der Waals surface area (Å²) in [6.07, 6.45) is 16.6. The summed E-state index contributed by atoms with van der Waals surface area (Å²) in [6, 6.07) is 8.18. The summed E-state index contributed by atoms with van der Waals surface area (Å²) in [5.41, 5.74) is 2.32. The molecule has 0 atom stereocenters. The highest BCUT2D eigenvalue weighted by atomic mass is 32.2. The summed E-state index contributed by atoms with van der Waals surface area (Å²) in [4.78, 5) is 14.4. The highest BCUT2D eigenvalue weighted by Gasteiger charge is 2.11. The first-order valence-corrected chi connectivity index (χ1v) is 12.5. The molecule has 0 bridgehead atoms. The standard InChI is InChI=1S/C25H39NOS/c1-3-26(25(27)18-17-24-16-10-9-12-22(24)2)19-21-28-20-11-15-23-13-7-5-4-6-8-14-23/h9-10,12,16-18,23H,3-8,11,13-15,19-21H2,1-2H3/b18-17+. The van der Waals surface area contributed by atoms with E-state index in [0.29, 0.717) is 0 Å². The van der Waals surface area contributed by atoms with Gasteiger partial charge in [0.05, 0.1) is 0 Å². The van der Waals surface area contributed by atoms with Crippen molar-refractivity contribution in [1.82, 2.24) is 4.90 Å². The Kier molecular flexibility index (Phi) is 11.4. The van der Waals surface area contributed by atoms with Gasteiger partial charge < -0.3 is 4.90 Å². The first-order chi connectivity index (χ1) is 13.7. The van der Waals surface area contributed by atoms with E-state index in [1.807, 2.05) is 34.9 Å². The van der Waals surface area contributed by atoms with Crippen LogP contribution in [0.1, 0.15) is 75.8 Å². The van der Waals surface area contributed by atoms with Gasteiger partial charge in [0.2, 0.25) is 5.91 Å². The summed E-state index contributed by atoms with van der Waals surface area (Å²) >= 11 is 2.01. The van der Waals surface area contributed by atoms with Crippen LogP contribution in [-0.2, 0) is 4.79 Å². The lowest BCUT2D eigenvalue weighted by Crippen LogP contribution is -2.31. The van der Waals surface area contributed by atoms with E-state index < -0.39 is 0 Å². The molecule has 0 saturated heterocycles. The second-order valence-corrected chi connectivity index (χ2v) is 9.30. The van der Waals surface area contributed by atoms with E-state index in [4.69, 9.17) is 0 Å². The fourth-order valence-electron chi connectivity index (χ4n) is 4.04. The Morgan fingerprint density at radius 2 is 1.82 bits per heavy atom. The van der Waals surface area contributed by atoms with Crippen LogP contribution in [-0.4, -0.2) is 35.4 Å². The van der Waals surface area contributed by atoms with Crippen LogP contribution < -0.4 is 0 Å². The predicted molar refractivity (Wildman–Crippen MR) is 125 cm³/mol. The molecule has 1 amide bonds. The molecule has 1 fully saturated rings. The maximum Gasteiger partial charge on any atom is 0.246 e. The SMILES string of the molecule is CCN(CCSCCCC1CCCCCCC1)C(=O)/C=C/c1ccccc1C. The molecular formula is C25H39NOS. The van der Waals surface area contributed by atoms with Crippen molar-refractivity contribution in [3.05, 3.63) is 41.5 Å². The molecule has 1 aliphatic carbocycles. The van der Waals surface area contributed by atoms with E-state index >= 15 is 0 Å².